The Hall–Kier alpha value is -0.850. The van der Waals surface area contributed by atoms with E-state index in [1.807, 2.05) is 19.0 Å². The van der Waals surface area contributed by atoms with E-state index in [0.717, 1.165) is 45.3 Å². The number of nitrogens with zero attached hydrogens (tertiary/aromatic N) is 2. The van der Waals surface area contributed by atoms with Crippen molar-refractivity contribution in [3.8, 4) is 0 Å². The number of hydrogen-bond acceptors (Lipinski definition) is 4. The fourth-order valence-corrected chi connectivity index (χ4v) is 4.10. The number of amides is 2. The minimum atomic E-state index is -0.287. The first-order valence-corrected chi connectivity index (χ1v) is 9.59. The maximum atomic E-state index is 12.0. The molecule has 0 aromatic carbocycles. The summed E-state index contributed by atoms with van der Waals surface area (Å²) in [5.41, 5.74) is 0. The van der Waals surface area contributed by atoms with Gasteiger partial charge in [0.2, 0.25) is 0 Å². The summed E-state index contributed by atoms with van der Waals surface area (Å²) in [5, 5.41) is 3.63. The maximum Gasteiger partial charge on any atom is 0.319 e. The summed E-state index contributed by atoms with van der Waals surface area (Å²) in [6.45, 7) is 3.24. The molecule has 1 spiro atoms. The summed E-state index contributed by atoms with van der Waals surface area (Å²) in [6, 6.07) is 0.599. The highest BCUT2D eigenvalue weighted by molar-refractivity contribution is 5.73. The monoisotopic (exact) mass is 339 g/mol. The zero-order valence-electron chi connectivity index (χ0n) is 15.3. The zero-order valence-corrected chi connectivity index (χ0v) is 15.3. The van der Waals surface area contributed by atoms with Crippen molar-refractivity contribution in [1.29, 1.82) is 0 Å². The summed E-state index contributed by atoms with van der Waals surface area (Å²) in [6.07, 6.45) is 9.35. The lowest BCUT2D eigenvalue weighted by Gasteiger charge is -2.34. The first kappa shape index (κ1) is 18.0. The van der Waals surface area contributed by atoms with Crippen LogP contribution >= 0.6 is 0 Å². The van der Waals surface area contributed by atoms with E-state index in [1.54, 1.807) is 4.90 Å². The molecule has 6 nitrogen and oxygen atoms in total. The van der Waals surface area contributed by atoms with Crippen LogP contribution in [0.5, 0.6) is 0 Å². The second kappa shape index (κ2) is 8.02. The number of carbonyl (C=O) groups excluding carboxylic acids is 1. The number of hydrogen-bond donors (Lipinski definition) is 1. The molecule has 0 radical (unpaired) electrons. The molecule has 0 aromatic heterocycles. The lowest BCUT2D eigenvalue weighted by Crippen LogP contribution is -2.49. The molecule has 3 fully saturated rings. The molecule has 1 saturated carbocycles. The van der Waals surface area contributed by atoms with Crippen LogP contribution in [0.25, 0.3) is 0 Å². The van der Waals surface area contributed by atoms with Gasteiger partial charge in [-0.1, -0.05) is 12.8 Å². The third-order valence-electron chi connectivity index (χ3n) is 5.56. The quantitative estimate of drug-likeness (QED) is 0.856. The fourth-order valence-electron chi connectivity index (χ4n) is 4.10. The van der Waals surface area contributed by atoms with Gasteiger partial charge in [-0.2, -0.15) is 0 Å². The molecule has 3 rings (SSSR count). The van der Waals surface area contributed by atoms with Gasteiger partial charge in [0, 0.05) is 52.6 Å². The molecule has 2 saturated heterocycles. The van der Waals surface area contributed by atoms with Gasteiger partial charge in [0.1, 0.15) is 0 Å². The minimum Gasteiger partial charge on any atom is -0.347 e. The minimum absolute atomic E-state index is 0.122. The van der Waals surface area contributed by atoms with Gasteiger partial charge >= 0.3 is 6.03 Å². The molecule has 0 unspecified atom stereocenters. The van der Waals surface area contributed by atoms with E-state index in [0.29, 0.717) is 12.6 Å². The van der Waals surface area contributed by atoms with Gasteiger partial charge < -0.3 is 24.6 Å². The van der Waals surface area contributed by atoms with Crippen molar-refractivity contribution < 1.29 is 14.3 Å². The molecule has 1 N–H and O–H groups in total. The summed E-state index contributed by atoms with van der Waals surface area (Å²) < 4.78 is 12.4. The van der Waals surface area contributed by atoms with Crippen LogP contribution in [-0.2, 0) is 9.47 Å². The Balaban J connectivity index is 1.38. The molecule has 0 aromatic rings. The second-order valence-corrected chi connectivity index (χ2v) is 7.72. The summed E-state index contributed by atoms with van der Waals surface area (Å²) >= 11 is 0. The molecule has 1 atom stereocenters. The molecular formula is C18H33N3O3. The number of urea groups is 1. The predicted molar refractivity (Wildman–Crippen MR) is 92.9 cm³/mol. The Bertz CT molecular complexity index is 414. The predicted octanol–water partition coefficient (Wildman–Crippen LogP) is 2.19. The number of likely N-dealkylation sites (tertiary alicyclic amines) is 1. The van der Waals surface area contributed by atoms with Crippen molar-refractivity contribution in [2.45, 2.75) is 69.3 Å². The molecular weight excluding hydrogens is 306 g/mol. The van der Waals surface area contributed by atoms with E-state index in [9.17, 15) is 4.79 Å². The molecule has 138 valence electrons. The number of piperidine rings is 1. The molecule has 2 aliphatic heterocycles. The number of ether oxygens (including phenoxy) is 2. The van der Waals surface area contributed by atoms with Gasteiger partial charge in [-0.05, 0) is 25.7 Å². The molecule has 1 aliphatic carbocycles. The Morgan fingerprint density at radius 3 is 2.46 bits per heavy atom. The summed E-state index contributed by atoms with van der Waals surface area (Å²) in [5.74, 6) is -0.287. The summed E-state index contributed by atoms with van der Waals surface area (Å²) in [7, 11) is 3.63. The Morgan fingerprint density at radius 2 is 1.83 bits per heavy atom. The van der Waals surface area contributed by atoms with Crippen LogP contribution in [-0.4, -0.2) is 74.1 Å². The number of rotatable bonds is 3. The van der Waals surface area contributed by atoms with Crippen molar-refractivity contribution in [3.63, 3.8) is 0 Å². The highest BCUT2D eigenvalue weighted by Crippen LogP contribution is 2.36. The largest absolute Gasteiger partial charge is 0.347 e. The highest BCUT2D eigenvalue weighted by atomic mass is 16.7. The topological polar surface area (TPSA) is 54.0 Å². The van der Waals surface area contributed by atoms with Crippen molar-refractivity contribution in [2.75, 3.05) is 40.3 Å². The van der Waals surface area contributed by atoms with Crippen LogP contribution in [0.4, 0.5) is 4.79 Å². The van der Waals surface area contributed by atoms with Crippen molar-refractivity contribution in [2.24, 2.45) is 0 Å². The first-order valence-electron chi connectivity index (χ1n) is 9.59. The Kier molecular flexibility index (Phi) is 6.00. The third kappa shape index (κ3) is 4.41. The van der Waals surface area contributed by atoms with Crippen LogP contribution in [0.1, 0.15) is 51.4 Å². The smallest absolute Gasteiger partial charge is 0.319 e. The molecule has 2 amide bonds. The molecule has 24 heavy (non-hydrogen) atoms. The van der Waals surface area contributed by atoms with Crippen molar-refractivity contribution >= 4 is 6.03 Å². The Labute approximate surface area is 145 Å². The van der Waals surface area contributed by atoms with Gasteiger partial charge in [0.05, 0.1) is 12.7 Å². The average Bonchev–Trinajstić information content (AvgIpc) is 2.84. The lowest BCUT2D eigenvalue weighted by atomic mass is 10.1. The van der Waals surface area contributed by atoms with Gasteiger partial charge in [-0.25, -0.2) is 4.79 Å². The SMILES string of the molecule is CN(C)C(=O)N1CCC(NC[C@@H]2COC3(CCCCCC3)O2)CC1. The second-order valence-electron chi connectivity index (χ2n) is 7.72. The van der Waals surface area contributed by atoms with Crippen LogP contribution in [0.3, 0.4) is 0 Å². The summed E-state index contributed by atoms with van der Waals surface area (Å²) in [4.78, 5) is 15.6. The number of carbonyl (C=O) groups is 1. The normalized spacial score (nSPS) is 28.1. The van der Waals surface area contributed by atoms with Crippen LogP contribution < -0.4 is 5.32 Å². The fraction of sp³-hybridized carbons (Fsp3) is 0.944. The third-order valence-corrected chi connectivity index (χ3v) is 5.56. The van der Waals surface area contributed by atoms with E-state index in [2.05, 4.69) is 5.32 Å². The van der Waals surface area contributed by atoms with E-state index in [-0.39, 0.29) is 17.9 Å². The molecule has 0 bridgehead atoms. The van der Waals surface area contributed by atoms with Crippen molar-refractivity contribution in [3.05, 3.63) is 0 Å². The average molecular weight is 339 g/mol. The Morgan fingerprint density at radius 1 is 1.17 bits per heavy atom. The van der Waals surface area contributed by atoms with Crippen molar-refractivity contribution in [1.82, 2.24) is 15.1 Å². The van der Waals surface area contributed by atoms with E-state index in [4.69, 9.17) is 9.47 Å². The number of nitrogens with one attached hydrogen (secondary N) is 1. The maximum absolute atomic E-state index is 12.0. The van der Waals surface area contributed by atoms with Crippen LogP contribution in [0.2, 0.25) is 0 Å². The van der Waals surface area contributed by atoms with Crippen LogP contribution in [0.15, 0.2) is 0 Å². The van der Waals surface area contributed by atoms with E-state index in [1.165, 1.54) is 25.7 Å². The zero-order chi connectivity index (χ0) is 17.0. The highest BCUT2D eigenvalue weighted by Gasteiger charge is 2.41. The van der Waals surface area contributed by atoms with E-state index < -0.39 is 0 Å². The standard InChI is InChI=1S/C18H33N3O3/c1-20(2)17(22)21-11-7-15(8-12-21)19-13-16-14-23-18(24-16)9-5-3-4-6-10-18/h15-16,19H,3-14H2,1-2H3/t16-/m1/s1. The van der Waals surface area contributed by atoms with Gasteiger partial charge in [-0.15, -0.1) is 0 Å². The molecule has 6 heteroatoms. The van der Waals surface area contributed by atoms with Crippen LogP contribution in [0, 0.1) is 0 Å². The molecule has 3 aliphatic rings. The molecule has 2 heterocycles. The van der Waals surface area contributed by atoms with Gasteiger partial charge in [0.15, 0.2) is 5.79 Å². The lowest BCUT2D eigenvalue weighted by molar-refractivity contribution is -0.175. The van der Waals surface area contributed by atoms with E-state index >= 15 is 0 Å². The van der Waals surface area contributed by atoms with Gasteiger partial charge in [-0.3, -0.25) is 0 Å². The van der Waals surface area contributed by atoms with Gasteiger partial charge in [0.25, 0.3) is 0 Å². The first-order chi connectivity index (χ1) is 11.6.